The van der Waals surface area contributed by atoms with Crippen LogP contribution in [0.2, 0.25) is 0 Å². The van der Waals surface area contributed by atoms with Crippen LogP contribution in [0.15, 0.2) is 42.7 Å². The van der Waals surface area contributed by atoms with Gasteiger partial charge in [-0.3, -0.25) is 9.58 Å². The van der Waals surface area contributed by atoms with Crippen molar-refractivity contribution in [3.63, 3.8) is 0 Å². The summed E-state index contributed by atoms with van der Waals surface area (Å²) in [5.74, 6) is -0.560. The zero-order valence-electron chi connectivity index (χ0n) is 17.3. The third-order valence-corrected chi connectivity index (χ3v) is 5.68. The lowest BCUT2D eigenvalue weighted by molar-refractivity contribution is 0.318. The fraction of sp³-hybridized carbons (Fsp3) is 0.261. The van der Waals surface area contributed by atoms with Crippen molar-refractivity contribution in [3.8, 4) is 11.4 Å². The van der Waals surface area contributed by atoms with E-state index in [-0.39, 0.29) is 23.7 Å². The second-order valence-electron chi connectivity index (χ2n) is 7.66. The van der Waals surface area contributed by atoms with Gasteiger partial charge in [0.05, 0.1) is 0 Å². The van der Waals surface area contributed by atoms with Gasteiger partial charge in [0.1, 0.15) is 16.9 Å². The van der Waals surface area contributed by atoms with E-state index >= 15 is 0 Å². The monoisotopic (exact) mass is 441 g/mol. The van der Waals surface area contributed by atoms with Crippen LogP contribution < -0.4 is 0 Å². The van der Waals surface area contributed by atoms with Gasteiger partial charge in [-0.25, -0.2) is 18.7 Å². The third kappa shape index (κ3) is 3.91. The van der Waals surface area contributed by atoms with Gasteiger partial charge in [-0.1, -0.05) is 13.0 Å². The van der Waals surface area contributed by atoms with Gasteiger partial charge in [-0.05, 0) is 48.4 Å². The van der Waals surface area contributed by atoms with Gasteiger partial charge in [0.15, 0.2) is 11.6 Å². The molecule has 0 bridgehead atoms. The van der Waals surface area contributed by atoms with Gasteiger partial charge >= 0.3 is 0 Å². The molecule has 2 aromatic carbocycles. The van der Waals surface area contributed by atoms with Crippen molar-refractivity contribution in [2.75, 3.05) is 19.6 Å². The lowest BCUT2D eigenvalue weighted by atomic mass is 9.98. The molecule has 3 heterocycles. The molecule has 8 heteroatoms. The van der Waals surface area contributed by atoms with E-state index in [0.29, 0.717) is 21.9 Å². The minimum atomic E-state index is -0.451. The van der Waals surface area contributed by atoms with Crippen LogP contribution >= 0.6 is 12.4 Å². The van der Waals surface area contributed by atoms with E-state index in [4.69, 9.17) is 0 Å². The Labute approximate surface area is 184 Å². The highest BCUT2D eigenvalue weighted by Crippen LogP contribution is 2.29. The normalized spacial score (nSPS) is 14.6. The minimum Gasteiger partial charge on any atom is -0.300 e. The number of aromatic nitrogens is 4. The maximum absolute atomic E-state index is 15.0. The lowest BCUT2D eigenvalue weighted by Crippen LogP contribution is -2.28. The quantitative estimate of drug-likeness (QED) is 0.449. The molecule has 0 unspecified atom stereocenters. The number of hydrogen-bond acceptors (Lipinski definition) is 4. The van der Waals surface area contributed by atoms with Crippen LogP contribution in [0.25, 0.3) is 38.8 Å². The Kier molecular flexibility index (Phi) is 5.73. The summed E-state index contributed by atoms with van der Waals surface area (Å²) in [7, 11) is 1.74. The van der Waals surface area contributed by atoms with E-state index in [1.807, 2.05) is 6.07 Å². The van der Waals surface area contributed by atoms with Crippen LogP contribution in [0.4, 0.5) is 8.78 Å². The van der Waals surface area contributed by atoms with E-state index in [2.05, 4.69) is 33.0 Å². The molecule has 5 rings (SSSR count). The van der Waals surface area contributed by atoms with Crippen LogP contribution in [0.1, 0.15) is 18.9 Å². The Hall–Kier alpha value is -2.90. The number of rotatable bonds is 3. The maximum atomic E-state index is 15.0. The number of aryl methyl sites for hydroxylation is 1. The maximum Gasteiger partial charge on any atom is 0.160 e. The molecule has 4 aromatic rings. The first-order valence-corrected chi connectivity index (χ1v) is 10.0. The number of halogens is 3. The molecule has 5 nitrogen and oxygen atoms in total. The number of benzene rings is 2. The van der Waals surface area contributed by atoms with Gasteiger partial charge in [-0.15, -0.1) is 12.4 Å². The molecule has 0 atom stereocenters. The van der Waals surface area contributed by atoms with Crippen LogP contribution in [0.5, 0.6) is 0 Å². The molecule has 0 saturated carbocycles. The predicted octanol–water partition coefficient (Wildman–Crippen LogP) is 4.99. The first-order chi connectivity index (χ1) is 14.5. The second-order valence-corrected chi connectivity index (χ2v) is 7.66. The Morgan fingerprint density at radius 3 is 2.48 bits per heavy atom. The Morgan fingerprint density at radius 2 is 1.74 bits per heavy atom. The number of fused-ring (bicyclic) bond motifs is 2. The average Bonchev–Trinajstić information content (AvgIpc) is 3.14. The van der Waals surface area contributed by atoms with Crippen molar-refractivity contribution in [1.29, 1.82) is 0 Å². The van der Waals surface area contributed by atoms with Gasteiger partial charge in [0.25, 0.3) is 0 Å². The Morgan fingerprint density at radius 1 is 1.00 bits per heavy atom. The topological polar surface area (TPSA) is 46.8 Å². The molecule has 0 radical (unpaired) electrons. The molecule has 160 valence electrons. The molecule has 0 amide bonds. The van der Waals surface area contributed by atoms with Crippen LogP contribution in [0, 0.1) is 11.6 Å². The highest BCUT2D eigenvalue weighted by Gasteiger charge is 2.16. The molecule has 31 heavy (non-hydrogen) atoms. The Bertz CT molecular complexity index is 1310. The highest BCUT2D eigenvalue weighted by molar-refractivity contribution is 5.87. The van der Waals surface area contributed by atoms with Gasteiger partial charge in [0.2, 0.25) is 0 Å². The summed E-state index contributed by atoms with van der Waals surface area (Å²) in [6, 6.07) is 6.58. The van der Waals surface area contributed by atoms with Crippen molar-refractivity contribution in [2.24, 2.45) is 7.05 Å². The first-order valence-electron chi connectivity index (χ1n) is 10.0. The summed E-state index contributed by atoms with van der Waals surface area (Å²) < 4.78 is 31.0. The van der Waals surface area contributed by atoms with Gasteiger partial charge < -0.3 is 0 Å². The zero-order valence-corrected chi connectivity index (χ0v) is 18.1. The molecule has 0 fully saturated rings. The number of likely N-dealkylation sites (N-methyl/N-ethyl adjacent to an activating group) is 1. The summed E-state index contributed by atoms with van der Waals surface area (Å²) in [6.45, 7) is 5.00. The minimum absolute atomic E-state index is 0. The smallest absolute Gasteiger partial charge is 0.160 e. The summed E-state index contributed by atoms with van der Waals surface area (Å²) >= 11 is 0. The fourth-order valence-corrected chi connectivity index (χ4v) is 4.03. The van der Waals surface area contributed by atoms with Crippen LogP contribution in [-0.4, -0.2) is 44.3 Å². The molecule has 0 saturated heterocycles. The van der Waals surface area contributed by atoms with Crippen molar-refractivity contribution in [2.45, 2.75) is 13.3 Å². The molecular formula is C23H22ClF2N5. The molecule has 1 aliphatic rings. The van der Waals surface area contributed by atoms with E-state index in [0.717, 1.165) is 37.2 Å². The van der Waals surface area contributed by atoms with Gasteiger partial charge in [-0.2, -0.15) is 5.10 Å². The van der Waals surface area contributed by atoms with Crippen LogP contribution in [-0.2, 0) is 7.05 Å². The number of nitrogens with zero attached hydrogens (tertiary/aromatic N) is 5. The molecule has 2 aromatic heterocycles. The fourth-order valence-electron chi connectivity index (χ4n) is 4.03. The standard InChI is InChI=1S/C23H21F2N5.ClH/c1-3-30-6-4-14(5-7-30)15-8-17-12-26-23(27-21(17)19(24)10-15)16-9-18-13-29(2)28-22(18)20(25)11-16;/h4,8-13H,3,5-7H2,1-2H3;1H. The molecular weight excluding hydrogens is 420 g/mol. The zero-order chi connectivity index (χ0) is 20.8. The summed E-state index contributed by atoms with van der Waals surface area (Å²) in [5, 5.41) is 5.39. The summed E-state index contributed by atoms with van der Waals surface area (Å²) in [4.78, 5) is 11.1. The van der Waals surface area contributed by atoms with Crippen molar-refractivity contribution in [1.82, 2.24) is 24.6 Å². The molecule has 0 aliphatic carbocycles. The number of hydrogen-bond donors (Lipinski definition) is 0. The highest BCUT2D eigenvalue weighted by atomic mass is 35.5. The van der Waals surface area contributed by atoms with Gasteiger partial charge in [0, 0.05) is 48.9 Å². The van der Waals surface area contributed by atoms with Crippen molar-refractivity contribution in [3.05, 3.63) is 59.9 Å². The molecule has 0 N–H and O–H groups in total. The predicted molar refractivity (Wildman–Crippen MR) is 121 cm³/mol. The van der Waals surface area contributed by atoms with Crippen LogP contribution in [0.3, 0.4) is 0 Å². The summed E-state index contributed by atoms with van der Waals surface area (Å²) in [6.07, 6.45) is 6.39. The molecule has 1 aliphatic heterocycles. The largest absolute Gasteiger partial charge is 0.300 e. The first kappa shape index (κ1) is 21.3. The average molecular weight is 442 g/mol. The Balaban J connectivity index is 0.00000231. The SMILES string of the molecule is CCN1CC=C(c2cc(F)c3nc(-c4cc(F)c5nn(C)cc5c4)ncc3c2)CC1.Cl. The van der Waals surface area contributed by atoms with E-state index in [1.165, 1.54) is 12.1 Å². The second kappa shape index (κ2) is 8.32. The summed E-state index contributed by atoms with van der Waals surface area (Å²) in [5.41, 5.74) is 3.04. The lowest BCUT2D eigenvalue weighted by Gasteiger charge is -2.25. The third-order valence-electron chi connectivity index (χ3n) is 5.68. The van der Waals surface area contributed by atoms with Crippen molar-refractivity contribution >= 4 is 39.8 Å². The van der Waals surface area contributed by atoms with E-state index in [9.17, 15) is 8.78 Å². The van der Waals surface area contributed by atoms with E-state index in [1.54, 1.807) is 30.2 Å². The van der Waals surface area contributed by atoms with E-state index < -0.39 is 11.6 Å². The molecule has 0 spiro atoms. The van der Waals surface area contributed by atoms with Crippen molar-refractivity contribution < 1.29 is 8.78 Å².